The lowest BCUT2D eigenvalue weighted by Crippen LogP contribution is -2.61. The maximum atomic E-state index is 14.1. The molecular weight excluding hydrogens is 454 g/mol. The quantitative estimate of drug-likeness (QED) is 0.442. The third-order valence-electron chi connectivity index (χ3n) is 6.85. The average Bonchev–Trinajstić information content (AvgIpc) is 2.87. The van der Waals surface area contributed by atoms with Gasteiger partial charge in [-0.05, 0) is 48.4 Å². The van der Waals surface area contributed by atoms with Crippen LogP contribution in [0, 0.1) is 27.7 Å². The van der Waals surface area contributed by atoms with E-state index in [2.05, 4.69) is 15.1 Å². The normalized spacial score (nSPS) is 19.0. The van der Waals surface area contributed by atoms with Gasteiger partial charge < -0.3 is 15.1 Å². The topological polar surface area (TPSA) is 78.7 Å². The van der Waals surface area contributed by atoms with Crippen molar-refractivity contribution in [1.82, 2.24) is 5.32 Å². The van der Waals surface area contributed by atoms with Crippen LogP contribution in [0.3, 0.4) is 0 Å². The van der Waals surface area contributed by atoms with Gasteiger partial charge in [-0.1, -0.05) is 18.2 Å². The summed E-state index contributed by atoms with van der Waals surface area (Å²) in [5.41, 5.74) is 2.87. The second-order valence-electron chi connectivity index (χ2n) is 8.87. The first-order chi connectivity index (χ1) is 16.9. The van der Waals surface area contributed by atoms with E-state index in [1.807, 2.05) is 0 Å². The van der Waals surface area contributed by atoms with Gasteiger partial charge in [-0.3, -0.25) is 14.9 Å². The van der Waals surface area contributed by atoms with Crippen LogP contribution in [-0.2, 0) is 17.8 Å². The minimum Gasteiger partial charge on any atom is -0.368 e. The standard InChI is InChI=1S/C26H24F2N4O3/c27-19-5-7-20(8-6-19)30-11-12-31-24-10-9-21(32(34)35)13-18(24)14-22(25(31)16-30)26(33)29-15-17-3-1-2-4-23(17)28/h1-10,13,22,25H,11-12,14-16H2,(H,29,33). The Bertz CT molecular complexity index is 1270. The van der Waals surface area contributed by atoms with Crippen molar-refractivity contribution in [3.05, 3.63) is 99.6 Å². The number of carbonyl (C=O) groups excluding carboxylic acids is 1. The van der Waals surface area contributed by atoms with Crippen molar-refractivity contribution >= 4 is 23.0 Å². The number of benzene rings is 3. The van der Waals surface area contributed by atoms with Gasteiger partial charge in [-0.15, -0.1) is 0 Å². The fourth-order valence-corrected chi connectivity index (χ4v) is 5.06. The molecule has 1 N–H and O–H groups in total. The number of carbonyl (C=O) groups is 1. The third-order valence-corrected chi connectivity index (χ3v) is 6.85. The molecule has 2 aliphatic heterocycles. The predicted molar refractivity (Wildman–Crippen MR) is 128 cm³/mol. The van der Waals surface area contributed by atoms with E-state index in [1.165, 1.54) is 30.3 Å². The summed E-state index contributed by atoms with van der Waals surface area (Å²) in [4.78, 5) is 28.6. The van der Waals surface area contributed by atoms with Gasteiger partial charge >= 0.3 is 0 Å². The number of nitrogens with one attached hydrogen (secondary N) is 1. The van der Waals surface area contributed by atoms with E-state index in [0.717, 1.165) is 16.9 Å². The third kappa shape index (κ3) is 4.53. The number of rotatable bonds is 5. The Morgan fingerprint density at radius 3 is 2.57 bits per heavy atom. The summed E-state index contributed by atoms with van der Waals surface area (Å²) < 4.78 is 27.5. The maximum absolute atomic E-state index is 14.1. The van der Waals surface area contributed by atoms with Crippen LogP contribution in [0.2, 0.25) is 0 Å². The summed E-state index contributed by atoms with van der Waals surface area (Å²) in [5.74, 6) is -1.44. The highest BCUT2D eigenvalue weighted by Gasteiger charge is 2.42. The van der Waals surface area contributed by atoms with E-state index in [4.69, 9.17) is 0 Å². The highest BCUT2D eigenvalue weighted by molar-refractivity contribution is 5.82. The lowest BCUT2D eigenvalue weighted by Gasteiger charge is -2.49. The Morgan fingerprint density at radius 1 is 1.06 bits per heavy atom. The largest absolute Gasteiger partial charge is 0.368 e. The molecular formula is C26H24F2N4O3. The van der Waals surface area contributed by atoms with Crippen molar-refractivity contribution in [2.45, 2.75) is 19.0 Å². The van der Waals surface area contributed by atoms with Crippen LogP contribution in [0.5, 0.6) is 0 Å². The number of fused-ring (bicyclic) bond motifs is 3. The van der Waals surface area contributed by atoms with E-state index in [0.29, 0.717) is 31.6 Å². The Morgan fingerprint density at radius 2 is 1.83 bits per heavy atom. The van der Waals surface area contributed by atoms with Gasteiger partial charge in [-0.2, -0.15) is 0 Å². The number of hydrogen-bond donors (Lipinski definition) is 1. The zero-order valence-electron chi connectivity index (χ0n) is 18.9. The number of piperazine rings is 1. The summed E-state index contributed by atoms with van der Waals surface area (Å²) in [6.45, 7) is 1.84. The number of nitro groups is 1. The molecule has 1 fully saturated rings. The van der Waals surface area contributed by atoms with Crippen molar-refractivity contribution in [3.8, 4) is 0 Å². The van der Waals surface area contributed by atoms with Crippen LogP contribution < -0.4 is 15.1 Å². The first-order valence-corrected chi connectivity index (χ1v) is 11.5. The molecule has 1 saturated heterocycles. The van der Waals surface area contributed by atoms with Gasteiger partial charge in [0.15, 0.2) is 0 Å². The number of amides is 1. The maximum Gasteiger partial charge on any atom is 0.269 e. The molecule has 2 atom stereocenters. The van der Waals surface area contributed by atoms with Gasteiger partial charge in [0.1, 0.15) is 11.6 Å². The predicted octanol–water partition coefficient (Wildman–Crippen LogP) is 4.06. The number of anilines is 2. The molecule has 2 heterocycles. The summed E-state index contributed by atoms with van der Waals surface area (Å²) >= 11 is 0. The number of hydrogen-bond acceptors (Lipinski definition) is 5. The van der Waals surface area contributed by atoms with Crippen LogP contribution in [0.25, 0.3) is 0 Å². The van der Waals surface area contributed by atoms with Gasteiger partial charge in [0, 0.05) is 55.2 Å². The minimum absolute atomic E-state index is 0.0161. The summed E-state index contributed by atoms with van der Waals surface area (Å²) in [7, 11) is 0. The summed E-state index contributed by atoms with van der Waals surface area (Å²) in [6, 6.07) is 17.1. The van der Waals surface area contributed by atoms with Crippen LogP contribution in [0.4, 0.5) is 25.8 Å². The average molecular weight is 478 g/mol. The van der Waals surface area contributed by atoms with E-state index in [9.17, 15) is 23.7 Å². The van der Waals surface area contributed by atoms with Crippen molar-refractivity contribution in [2.24, 2.45) is 5.92 Å². The molecule has 35 heavy (non-hydrogen) atoms. The number of halogens is 2. The van der Waals surface area contributed by atoms with Crippen molar-refractivity contribution in [2.75, 3.05) is 29.4 Å². The van der Waals surface area contributed by atoms with Crippen LogP contribution in [-0.4, -0.2) is 36.5 Å². The first kappa shape index (κ1) is 22.8. The monoisotopic (exact) mass is 478 g/mol. The Balaban J connectivity index is 1.43. The second-order valence-corrected chi connectivity index (χ2v) is 8.87. The molecule has 0 bridgehead atoms. The summed E-state index contributed by atoms with van der Waals surface area (Å²) in [5, 5.41) is 14.2. The zero-order chi connectivity index (χ0) is 24.5. The Kier molecular flexibility index (Phi) is 6.07. The van der Waals surface area contributed by atoms with E-state index in [-0.39, 0.29) is 35.8 Å². The second kappa shape index (κ2) is 9.32. The SMILES string of the molecule is O=C(NCc1ccccc1F)C1Cc2cc([N+](=O)[O-])ccc2N2CCN(c3ccc(F)cc3)CC12. The molecule has 5 rings (SSSR count). The Labute approximate surface area is 201 Å². The number of nitrogens with zero attached hydrogens (tertiary/aromatic N) is 3. The fraction of sp³-hybridized carbons (Fsp3) is 0.269. The van der Waals surface area contributed by atoms with Crippen LogP contribution in [0.1, 0.15) is 11.1 Å². The van der Waals surface area contributed by atoms with Gasteiger partial charge in [0.05, 0.1) is 16.9 Å². The Hall–Kier alpha value is -4.01. The molecule has 9 heteroatoms. The molecule has 2 aliphatic rings. The van der Waals surface area contributed by atoms with Crippen molar-refractivity contribution in [1.29, 1.82) is 0 Å². The van der Waals surface area contributed by atoms with Crippen LogP contribution >= 0.6 is 0 Å². The molecule has 0 spiro atoms. The zero-order valence-corrected chi connectivity index (χ0v) is 18.9. The number of nitro benzene ring substituents is 1. The highest BCUT2D eigenvalue weighted by Crippen LogP contribution is 2.38. The van der Waals surface area contributed by atoms with Crippen LogP contribution in [0.15, 0.2) is 66.7 Å². The first-order valence-electron chi connectivity index (χ1n) is 11.5. The fourth-order valence-electron chi connectivity index (χ4n) is 5.06. The molecule has 0 saturated carbocycles. The highest BCUT2D eigenvalue weighted by atomic mass is 19.1. The molecule has 7 nitrogen and oxygen atoms in total. The van der Waals surface area contributed by atoms with E-state index >= 15 is 0 Å². The molecule has 1 amide bonds. The van der Waals surface area contributed by atoms with Crippen molar-refractivity contribution in [3.63, 3.8) is 0 Å². The minimum atomic E-state index is -0.500. The van der Waals surface area contributed by atoms with Gasteiger partial charge in [-0.25, -0.2) is 8.78 Å². The molecule has 0 aromatic heterocycles. The summed E-state index contributed by atoms with van der Waals surface area (Å²) in [6.07, 6.45) is 0.332. The van der Waals surface area contributed by atoms with Gasteiger partial charge in [0.25, 0.3) is 5.69 Å². The van der Waals surface area contributed by atoms with E-state index in [1.54, 1.807) is 36.4 Å². The smallest absolute Gasteiger partial charge is 0.269 e. The molecule has 3 aromatic carbocycles. The number of non-ortho nitro benzene ring substituents is 1. The van der Waals surface area contributed by atoms with Gasteiger partial charge in [0.2, 0.25) is 5.91 Å². The van der Waals surface area contributed by atoms with E-state index < -0.39 is 10.8 Å². The molecule has 2 unspecified atom stereocenters. The molecule has 0 aliphatic carbocycles. The van der Waals surface area contributed by atoms with Crippen molar-refractivity contribution < 1.29 is 18.5 Å². The lowest BCUT2D eigenvalue weighted by atomic mass is 9.83. The lowest BCUT2D eigenvalue weighted by molar-refractivity contribution is -0.384. The molecule has 180 valence electrons. The molecule has 0 radical (unpaired) electrons. The molecule has 3 aromatic rings.